The molecule has 1 aliphatic carbocycles. The summed E-state index contributed by atoms with van der Waals surface area (Å²) in [4.78, 5) is 15.4. The largest absolute Gasteiger partial charge is 0.378 e. The van der Waals surface area contributed by atoms with Gasteiger partial charge in [-0.3, -0.25) is 4.79 Å². The molecule has 2 heterocycles. The van der Waals surface area contributed by atoms with E-state index >= 15 is 0 Å². The third-order valence-corrected chi connectivity index (χ3v) is 5.20. The molecule has 3 N–H and O–H groups in total. The van der Waals surface area contributed by atoms with E-state index in [0.29, 0.717) is 18.1 Å². The molecule has 1 amide bonds. The number of anilines is 1. The van der Waals surface area contributed by atoms with Crippen LogP contribution in [0.5, 0.6) is 0 Å². The molecule has 0 radical (unpaired) electrons. The molecule has 1 aromatic carbocycles. The zero-order valence-corrected chi connectivity index (χ0v) is 15.5. The monoisotopic (exact) mass is 372 g/mol. The molecule has 0 aliphatic heterocycles. The lowest BCUT2D eigenvalue weighted by molar-refractivity contribution is -0.125. The minimum Gasteiger partial charge on any atom is -0.378 e. The Kier molecular flexibility index (Phi) is 4.15. The summed E-state index contributed by atoms with van der Waals surface area (Å²) in [6.45, 7) is 4.88. The van der Waals surface area contributed by atoms with Crippen molar-refractivity contribution < 1.29 is 9.32 Å². The summed E-state index contributed by atoms with van der Waals surface area (Å²) in [6, 6.07) is 7.78. The van der Waals surface area contributed by atoms with Gasteiger partial charge in [-0.2, -0.15) is 0 Å². The highest BCUT2D eigenvalue weighted by Gasteiger charge is 2.44. The molecule has 1 fully saturated rings. The van der Waals surface area contributed by atoms with Gasteiger partial charge in [-0.15, -0.1) is 0 Å². The van der Waals surface area contributed by atoms with Crippen molar-refractivity contribution in [2.45, 2.75) is 39.8 Å². The maximum Gasteiger partial charge on any atom is 0.226 e. The van der Waals surface area contributed by atoms with Crippen LogP contribution in [0.1, 0.15) is 36.9 Å². The molecule has 1 aliphatic rings. The number of H-pyrrole nitrogens is 1. The molecule has 0 spiro atoms. The highest BCUT2D eigenvalue weighted by atomic mass is 35.5. The Balaban J connectivity index is 1.46. The topological polar surface area (TPSA) is 83.0 Å². The Labute approximate surface area is 156 Å². The first kappa shape index (κ1) is 17.0. The van der Waals surface area contributed by atoms with Gasteiger partial charge < -0.3 is 20.1 Å². The number of hydrogen-bond acceptors (Lipinski definition) is 4. The van der Waals surface area contributed by atoms with Gasteiger partial charge in [-0.25, -0.2) is 0 Å². The molecular formula is C19H21ClN4O2. The number of halogens is 1. The van der Waals surface area contributed by atoms with Crippen LogP contribution in [-0.2, 0) is 17.9 Å². The van der Waals surface area contributed by atoms with Gasteiger partial charge in [-0.05, 0) is 38.0 Å². The van der Waals surface area contributed by atoms with Crippen LogP contribution < -0.4 is 10.6 Å². The zero-order chi connectivity index (χ0) is 18.3. The Hall–Kier alpha value is -2.47. The second-order valence-corrected chi connectivity index (χ2v) is 7.65. The third-order valence-electron chi connectivity index (χ3n) is 4.89. The van der Waals surface area contributed by atoms with E-state index in [1.54, 1.807) is 0 Å². The van der Waals surface area contributed by atoms with Crippen LogP contribution in [0.4, 0.5) is 5.69 Å². The molecule has 4 rings (SSSR count). The zero-order valence-electron chi connectivity index (χ0n) is 14.8. The number of fused-ring (bicyclic) bond motifs is 1. The van der Waals surface area contributed by atoms with Crippen molar-refractivity contribution in [3.8, 4) is 0 Å². The molecule has 0 saturated heterocycles. The number of nitrogens with zero attached hydrogens (tertiary/aromatic N) is 1. The van der Waals surface area contributed by atoms with Gasteiger partial charge in [0.15, 0.2) is 0 Å². The SMILES string of the molecule is Cc1cc(CNc2cc3[nH]c(CNC(=O)C4(C)CC4)cc3cc2Cl)no1. The molecule has 0 atom stereocenters. The van der Waals surface area contributed by atoms with E-state index < -0.39 is 0 Å². The molecule has 6 nitrogen and oxygen atoms in total. The number of carbonyl (C=O) groups is 1. The number of hydrogen-bond donors (Lipinski definition) is 3. The van der Waals surface area contributed by atoms with E-state index in [2.05, 4.69) is 20.8 Å². The number of nitrogens with one attached hydrogen (secondary N) is 3. The van der Waals surface area contributed by atoms with Crippen molar-refractivity contribution in [2.24, 2.45) is 5.41 Å². The predicted molar refractivity (Wildman–Crippen MR) is 101 cm³/mol. The quantitative estimate of drug-likeness (QED) is 0.607. The fraction of sp³-hybridized carbons (Fsp3) is 0.368. The van der Waals surface area contributed by atoms with E-state index in [1.807, 2.05) is 38.1 Å². The van der Waals surface area contributed by atoms with E-state index in [9.17, 15) is 4.79 Å². The number of carbonyl (C=O) groups excluding carboxylic acids is 1. The second kappa shape index (κ2) is 6.36. The first-order valence-corrected chi connectivity index (χ1v) is 9.06. The van der Waals surface area contributed by atoms with Crippen molar-refractivity contribution in [2.75, 3.05) is 5.32 Å². The van der Waals surface area contributed by atoms with Gasteiger partial charge in [0.05, 0.1) is 23.8 Å². The summed E-state index contributed by atoms with van der Waals surface area (Å²) < 4.78 is 5.07. The van der Waals surface area contributed by atoms with Crippen LogP contribution in [0.2, 0.25) is 5.02 Å². The van der Waals surface area contributed by atoms with Gasteiger partial charge in [0, 0.05) is 28.1 Å². The maximum absolute atomic E-state index is 12.1. The molecule has 3 aromatic rings. The smallest absolute Gasteiger partial charge is 0.226 e. The predicted octanol–water partition coefficient (Wildman–Crippen LogP) is 4.15. The lowest BCUT2D eigenvalue weighted by Crippen LogP contribution is -2.29. The lowest BCUT2D eigenvalue weighted by atomic mass is 10.1. The molecule has 2 aromatic heterocycles. The molecule has 1 saturated carbocycles. The van der Waals surface area contributed by atoms with Crippen molar-refractivity contribution in [1.29, 1.82) is 0 Å². The standard InChI is InChI=1S/C19H21ClN4O2/c1-11-5-14(24-26-11)10-21-17-8-16-12(7-15(17)20)6-13(23-16)9-22-18(25)19(2)3-4-19/h5-8,21,23H,3-4,9-10H2,1-2H3,(H,22,25). The first-order valence-electron chi connectivity index (χ1n) is 8.68. The van der Waals surface area contributed by atoms with E-state index in [4.69, 9.17) is 16.1 Å². The van der Waals surface area contributed by atoms with Crippen LogP contribution in [0, 0.1) is 12.3 Å². The van der Waals surface area contributed by atoms with Crippen molar-refractivity contribution in [1.82, 2.24) is 15.5 Å². The van der Waals surface area contributed by atoms with E-state index in [0.717, 1.165) is 46.6 Å². The molecular weight excluding hydrogens is 352 g/mol. The number of aromatic amines is 1. The Morgan fingerprint density at radius 2 is 2.12 bits per heavy atom. The van der Waals surface area contributed by atoms with Crippen molar-refractivity contribution >= 4 is 34.1 Å². The number of benzene rings is 1. The molecule has 136 valence electrons. The molecule has 0 unspecified atom stereocenters. The Morgan fingerprint density at radius 3 is 2.81 bits per heavy atom. The summed E-state index contributed by atoms with van der Waals surface area (Å²) in [6.07, 6.45) is 1.95. The van der Waals surface area contributed by atoms with E-state index in [1.165, 1.54) is 0 Å². The lowest BCUT2D eigenvalue weighted by Gasteiger charge is -2.08. The molecule has 0 bridgehead atoms. The summed E-state index contributed by atoms with van der Waals surface area (Å²) in [5, 5.41) is 11.9. The van der Waals surface area contributed by atoms with Crippen LogP contribution in [0.3, 0.4) is 0 Å². The summed E-state index contributed by atoms with van der Waals surface area (Å²) >= 11 is 6.39. The number of amides is 1. The van der Waals surface area contributed by atoms with Crippen LogP contribution in [0.25, 0.3) is 10.9 Å². The van der Waals surface area contributed by atoms with Crippen LogP contribution >= 0.6 is 11.6 Å². The third kappa shape index (κ3) is 3.42. The fourth-order valence-corrected chi connectivity index (χ4v) is 3.17. The maximum atomic E-state index is 12.1. The van der Waals surface area contributed by atoms with Gasteiger partial charge in [0.1, 0.15) is 11.5 Å². The number of aromatic nitrogens is 2. The van der Waals surface area contributed by atoms with Crippen LogP contribution in [0.15, 0.2) is 28.8 Å². The highest BCUT2D eigenvalue weighted by molar-refractivity contribution is 6.34. The van der Waals surface area contributed by atoms with Gasteiger partial charge in [0.2, 0.25) is 5.91 Å². The van der Waals surface area contributed by atoms with Gasteiger partial charge in [-0.1, -0.05) is 23.7 Å². The van der Waals surface area contributed by atoms with Crippen molar-refractivity contribution in [3.05, 3.63) is 46.4 Å². The van der Waals surface area contributed by atoms with Gasteiger partial charge >= 0.3 is 0 Å². The van der Waals surface area contributed by atoms with Gasteiger partial charge in [0.25, 0.3) is 0 Å². The Morgan fingerprint density at radius 1 is 1.31 bits per heavy atom. The van der Waals surface area contributed by atoms with E-state index in [-0.39, 0.29) is 11.3 Å². The summed E-state index contributed by atoms with van der Waals surface area (Å²) in [7, 11) is 0. The normalized spacial score (nSPS) is 15.2. The summed E-state index contributed by atoms with van der Waals surface area (Å²) in [5.41, 5.74) is 3.41. The Bertz CT molecular complexity index is 971. The average Bonchev–Trinajstić information content (AvgIpc) is 3.04. The molecule has 26 heavy (non-hydrogen) atoms. The fourth-order valence-electron chi connectivity index (χ4n) is 2.93. The van der Waals surface area contributed by atoms with Crippen molar-refractivity contribution in [3.63, 3.8) is 0 Å². The first-order chi connectivity index (χ1) is 12.4. The summed E-state index contributed by atoms with van der Waals surface area (Å²) in [5.74, 6) is 0.902. The number of rotatable bonds is 6. The molecule has 7 heteroatoms. The second-order valence-electron chi connectivity index (χ2n) is 7.24. The van der Waals surface area contributed by atoms with Crippen LogP contribution in [-0.4, -0.2) is 16.0 Å². The average molecular weight is 373 g/mol. The highest BCUT2D eigenvalue weighted by Crippen LogP contribution is 2.45. The minimum absolute atomic E-state index is 0.124. The number of aryl methyl sites for hydroxylation is 1. The minimum atomic E-state index is -0.161.